The average molecular weight is 538 g/mol. The highest BCUT2D eigenvalue weighted by Gasteiger charge is 2.26. The van der Waals surface area contributed by atoms with Gasteiger partial charge < -0.3 is 0 Å². The predicted molar refractivity (Wildman–Crippen MR) is 176 cm³/mol. The number of imidazole rings is 1. The van der Waals surface area contributed by atoms with Crippen LogP contribution < -0.4 is 4.57 Å². The molecule has 0 N–H and O–H groups in total. The fourth-order valence-electron chi connectivity index (χ4n) is 6.62. The van der Waals surface area contributed by atoms with Crippen LogP contribution in [0.15, 0.2) is 158 Å². The molecule has 2 nitrogen and oxygen atoms in total. The molecule has 1 aromatic heterocycles. The number of benzene rings is 7. The Labute approximate surface area is 245 Å². The zero-order chi connectivity index (χ0) is 28.0. The van der Waals surface area contributed by atoms with E-state index in [2.05, 4.69) is 174 Å². The maximum atomic E-state index is 2.36. The van der Waals surface area contributed by atoms with Gasteiger partial charge in [0, 0.05) is 0 Å². The number of para-hydroxylation sites is 3. The Hall–Kier alpha value is -5.47. The molecular formula is C40H29N2+. The summed E-state index contributed by atoms with van der Waals surface area (Å²) >= 11 is 0. The van der Waals surface area contributed by atoms with Crippen LogP contribution in [-0.4, -0.2) is 4.57 Å². The van der Waals surface area contributed by atoms with Crippen molar-refractivity contribution in [1.82, 2.24) is 4.57 Å². The molecule has 0 fully saturated rings. The van der Waals surface area contributed by atoms with Gasteiger partial charge in [0.1, 0.15) is 5.69 Å². The van der Waals surface area contributed by atoms with Crippen molar-refractivity contribution in [2.75, 3.05) is 0 Å². The molecule has 0 unspecified atom stereocenters. The Kier molecular flexibility index (Phi) is 5.72. The second-order valence-electron chi connectivity index (χ2n) is 10.8. The average Bonchev–Trinajstić information content (AvgIpc) is 3.36. The number of hydrogen-bond donors (Lipinski definition) is 0. The van der Waals surface area contributed by atoms with Crippen molar-refractivity contribution in [3.05, 3.63) is 158 Å². The first-order valence-electron chi connectivity index (χ1n) is 14.4. The number of hydrogen-bond acceptors (Lipinski definition) is 0. The molecule has 0 bridgehead atoms. The standard InChI is InChI=1S/C40H29N2/c1-41-36-22-12-13-23-37(36)42(31-16-6-3-7-17-31)40(41)30-26-24-29(25-27-30)39-34-20-10-8-18-32(34)38(28-14-4-2-5-15-28)33-19-9-11-21-35(33)39/h2-27H,1H3/q+1. The molecule has 0 aliphatic carbocycles. The highest BCUT2D eigenvalue weighted by atomic mass is 15.2. The fraction of sp³-hybridized carbons (Fsp3) is 0.0250. The van der Waals surface area contributed by atoms with Crippen LogP contribution in [0.3, 0.4) is 0 Å². The van der Waals surface area contributed by atoms with Crippen LogP contribution in [0, 0.1) is 0 Å². The third-order valence-corrected chi connectivity index (χ3v) is 8.45. The molecule has 0 spiro atoms. The molecule has 0 saturated heterocycles. The van der Waals surface area contributed by atoms with Gasteiger partial charge >= 0.3 is 0 Å². The van der Waals surface area contributed by atoms with E-state index < -0.39 is 0 Å². The number of fused-ring (bicyclic) bond motifs is 3. The highest BCUT2D eigenvalue weighted by Crippen LogP contribution is 2.43. The summed E-state index contributed by atoms with van der Waals surface area (Å²) in [6.45, 7) is 0. The van der Waals surface area contributed by atoms with Gasteiger partial charge in [-0.1, -0.05) is 121 Å². The van der Waals surface area contributed by atoms with Gasteiger partial charge in [-0.05, 0) is 80.2 Å². The predicted octanol–water partition coefficient (Wildman–Crippen LogP) is 9.76. The second kappa shape index (κ2) is 9.87. The summed E-state index contributed by atoms with van der Waals surface area (Å²) in [5.74, 6) is 1.16. The molecular weight excluding hydrogens is 508 g/mol. The molecule has 0 atom stereocenters. The largest absolute Gasteiger partial charge is 0.294 e. The van der Waals surface area contributed by atoms with E-state index in [0.29, 0.717) is 0 Å². The summed E-state index contributed by atoms with van der Waals surface area (Å²) in [7, 11) is 2.16. The highest BCUT2D eigenvalue weighted by molar-refractivity contribution is 6.21. The Morgan fingerprint density at radius 3 is 1.40 bits per heavy atom. The van der Waals surface area contributed by atoms with Crippen LogP contribution in [-0.2, 0) is 7.05 Å². The van der Waals surface area contributed by atoms with Crippen molar-refractivity contribution < 1.29 is 4.57 Å². The maximum absolute atomic E-state index is 2.36. The van der Waals surface area contributed by atoms with E-state index in [1.807, 2.05) is 0 Å². The van der Waals surface area contributed by atoms with E-state index in [-0.39, 0.29) is 0 Å². The van der Waals surface area contributed by atoms with Gasteiger partial charge in [-0.15, -0.1) is 0 Å². The Balaban J connectivity index is 1.36. The minimum atomic E-state index is 1.15. The quantitative estimate of drug-likeness (QED) is 0.156. The lowest BCUT2D eigenvalue weighted by molar-refractivity contribution is -0.633. The van der Waals surface area contributed by atoms with Gasteiger partial charge in [-0.3, -0.25) is 0 Å². The molecule has 0 radical (unpaired) electrons. The summed E-state index contributed by atoms with van der Waals surface area (Å²) in [6, 6.07) is 56.8. The third kappa shape index (κ3) is 3.77. The van der Waals surface area contributed by atoms with Crippen LogP contribution in [0.4, 0.5) is 0 Å². The van der Waals surface area contributed by atoms with Crippen LogP contribution >= 0.6 is 0 Å². The van der Waals surface area contributed by atoms with Crippen LogP contribution in [0.25, 0.3) is 71.9 Å². The van der Waals surface area contributed by atoms with Gasteiger partial charge in [-0.25, -0.2) is 4.57 Å². The van der Waals surface area contributed by atoms with Crippen LogP contribution in [0.1, 0.15) is 0 Å². The van der Waals surface area contributed by atoms with Crippen molar-refractivity contribution in [3.63, 3.8) is 0 Å². The lowest BCUT2D eigenvalue weighted by Gasteiger charge is -2.17. The van der Waals surface area contributed by atoms with Gasteiger partial charge in [0.05, 0.1) is 12.6 Å². The maximum Gasteiger partial charge on any atom is 0.294 e. The van der Waals surface area contributed by atoms with E-state index in [4.69, 9.17) is 0 Å². The number of aromatic nitrogens is 2. The normalized spacial score (nSPS) is 11.5. The molecule has 0 saturated carbocycles. The Morgan fingerprint density at radius 2 is 0.833 bits per heavy atom. The topological polar surface area (TPSA) is 8.81 Å². The summed E-state index contributed by atoms with van der Waals surface area (Å²) in [4.78, 5) is 0. The van der Waals surface area contributed by atoms with Gasteiger partial charge in [-0.2, -0.15) is 4.57 Å². The molecule has 2 heteroatoms. The van der Waals surface area contributed by atoms with E-state index in [1.54, 1.807) is 0 Å². The number of nitrogens with zero attached hydrogens (tertiary/aromatic N) is 2. The molecule has 7 aromatic carbocycles. The smallest absolute Gasteiger partial charge is 0.225 e. The van der Waals surface area contributed by atoms with Crippen molar-refractivity contribution in [2.45, 2.75) is 0 Å². The van der Waals surface area contributed by atoms with Gasteiger partial charge in [0.15, 0.2) is 11.0 Å². The number of aryl methyl sites for hydroxylation is 1. The van der Waals surface area contributed by atoms with E-state index in [0.717, 1.165) is 11.5 Å². The van der Waals surface area contributed by atoms with E-state index >= 15 is 0 Å². The Bertz CT molecular complexity index is 2170. The van der Waals surface area contributed by atoms with Gasteiger partial charge in [0.2, 0.25) is 0 Å². The lowest BCUT2D eigenvalue weighted by atomic mass is 9.86. The Morgan fingerprint density at radius 1 is 0.405 bits per heavy atom. The van der Waals surface area contributed by atoms with Crippen LogP contribution in [0.5, 0.6) is 0 Å². The minimum Gasteiger partial charge on any atom is -0.225 e. The fourth-order valence-corrected chi connectivity index (χ4v) is 6.62. The SMILES string of the molecule is C[n+]1c(-c2ccc(-c3c4ccccc4c(-c4ccccc4)c4ccccc34)cc2)n(-c2ccccc2)c2ccccc21. The van der Waals surface area contributed by atoms with Crippen LogP contribution in [0.2, 0.25) is 0 Å². The molecule has 0 amide bonds. The summed E-state index contributed by atoms with van der Waals surface area (Å²) in [5.41, 5.74) is 9.76. The molecule has 0 aliphatic heterocycles. The minimum absolute atomic E-state index is 1.15. The number of rotatable bonds is 4. The molecule has 42 heavy (non-hydrogen) atoms. The summed E-state index contributed by atoms with van der Waals surface area (Å²) < 4.78 is 4.67. The molecule has 198 valence electrons. The van der Waals surface area contributed by atoms with E-state index in [1.165, 1.54) is 60.4 Å². The zero-order valence-electron chi connectivity index (χ0n) is 23.4. The van der Waals surface area contributed by atoms with Crippen molar-refractivity contribution in [1.29, 1.82) is 0 Å². The van der Waals surface area contributed by atoms with Crippen molar-refractivity contribution in [3.8, 4) is 39.3 Å². The van der Waals surface area contributed by atoms with E-state index in [9.17, 15) is 0 Å². The molecule has 8 rings (SSSR count). The first-order chi connectivity index (χ1) is 20.8. The zero-order valence-corrected chi connectivity index (χ0v) is 23.4. The molecule has 0 aliphatic rings. The third-order valence-electron chi connectivity index (χ3n) is 8.45. The van der Waals surface area contributed by atoms with Gasteiger partial charge in [0.25, 0.3) is 5.82 Å². The monoisotopic (exact) mass is 537 g/mol. The lowest BCUT2D eigenvalue weighted by Crippen LogP contribution is -2.30. The molecule has 1 heterocycles. The first-order valence-corrected chi connectivity index (χ1v) is 14.4. The summed E-state index contributed by atoms with van der Waals surface area (Å²) in [5, 5.41) is 5.09. The molecule has 8 aromatic rings. The summed E-state index contributed by atoms with van der Waals surface area (Å²) in [6.07, 6.45) is 0. The second-order valence-corrected chi connectivity index (χ2v) is 10.8. The van der Waals surface area contributed by atoms with Crippen molar-refractivity contribution >= 4 is 32.6 Å². The first kappa shape index (κ1) is 24.3. The van der Waals surface area contributed by atoms with Crippen molar-refractivity contribution in [2.24, 2.45) is 7.05 Å².